The van der Waals surface area contributed by atoms with E-state index in [1.165, 1.54) is 0 Å². The Balaban J connectivity index is 1.91. The maximum absolute atomic E-state index is 5.53. The van der Waals surface area contributed by atoms with Crippen LogP contribution in [0.2, 0.25) is 0 Å². The highest BCUT2D eigenvalue weighted by Crippen LogP contribution is 2.07. The van der Waals surface area contributed by atoms with E-state index in [4.69, 9.17) is 4.74 Å². The minimum absolute atomic E-state index is 0.515. The second-order valence-electron chi connectivity index (χ2n) is 3.65. The Labute approximate surface area is 101 Å². The summed E-state index contributed by atoms with van der Waals surface area (Å²) in [5, 5.41) is 3.02. The zero-order valence-electron chi connectivity index (χ0n) is 9.76. The Bertz CT molecular complexity index is 442. The van der Waals surface area contributed by atoms with Gasteiger partial charge in [-0.25, -0.2) is 4.98 Å². The van der Waals surface area contributed by atoms with Crippen LogP contribution in [0.3, 0.4) is 0 Å². The van der Waals surface area contributed by atoms with Crippen molar-refractivity contribution in [3.05, 3.63) is 54.0 Å². The largest absolute Gasteiger partial charge is 0.472 e. The predicted octanol–water partition coefficient (Wildman–Crippen LogP) is 1.77. The molecule has 0 atom stereocenters. The fraction of sp³-hybridized carbons (Fsp3) is 0.231. The second-order valence-corrected chi connectivity index (χ2v) is 3.65. The van der Waals surface area contributed by atoms with Gasteiger partial charge in [0.2, 0.25) is 5.88 Å². The van der Waals surface area contributed by atoms with Crippen LogP contribution in [0.1, 0.15) is 11.3 Å². The molecule has 17 heavy (non-hydrogen) atoms. The molecular formula is C13H15N3O. The third kappa shape index (κ3) is 3.53. The molecule has 0 saturated heterocycles. The van der Waals surface area contributed by atoms with Crippen molar-refractivity contribution in [1.82, 2.24) is 15.3 Å². The average molecular weight is 229 g/mol. The van der Waals surface area contributed by atoms with E-state index in [-0.39, 0.29) is 0 Å². The Morgan fingerprint density at radius 3 is 2.59 bits per heavy atom. The lowest BCUT2D eigenvalue weighted by Gasteiger charge is -2.05. The van der Waals surface area contributed by atoms with E-state index in [9.17, 15) is 0 Å². The molecule has 2 aromatic rings. The Kier molecular flexibility index (Phi) is 4.05. The number of nitrogens with one attached hydrogen (secondary N) is 1. The molecule has 1 aromatic heterocycles. The van der Waals surface area contributed by atoms with Crippen LogP contribution in [0.15, 0.2) is 42.7 Å². The zero-order valence-corrected chi connectivity index (χ0v) is 9.76. The molecule has 88 valence electrons. The van der Waals surface area contributed by atoms with E-state index in [0.717, 1.165) is 11.3 Å². The third-order valence-electron chi connectivity index (χ3n) is 2.27. The smallest absolute Gasteiger partial charge is 0.232 e. The van der Waals surface area contributed by atoms with E-state index >= 15 is 0 Å². The lowest BCUT2D eigenvalue weighted by atomic mass is 10.2. The van der Waals surface area contributed by atoms with Crippen LogP contribution in [0.4, 0.5) is 0 Å². The van der Waals surface area contributed by atoms with Crippen LogP contribution in [-0.2, 0) is 13.2 Å². The van der Waals surface area contributed by atoms with E-state index in [1.54, 1.807) is 12.4 Å². The van der Waals surface area contributed by atoms with Crippen LogP contribution < -0.4 is 10.1 Å². The molecule has 2 rings (SSSR count). The van der Waals surface area contributed by atoms with Crippen LogP contribution >= 0.6 is 0 Å². The van der Waals surface area contributed by atoms with Crippen molar-refractivity contribution in [3.63, 3.8) is 0 Å². The van der Waals surface area contributed by atoms with Crippen molar-refractivity contribution in [2.45, 2.75) is 13.2 Å². The highest BCUT2D eigenvalue weighted by Gasteiger charge is 1.98. The van der Waals surface area contributed by atoms with Crippen molar-refractivity contribution in [2.24, 2.45) is 0 Å². The van der Waals surface area contributed by atoms with Gasteiger partial charge >= 0.3 is 0 Å². The Hall–Kier alpha value is -1.94. The highest BCUT2D eigenvalue weighted by molar-refractivity contribution is 5.15. The average Bonchev–Trinajstić information content (AvgIpc) is 2.40. The van der Waals surface area contributed by atoms with Gasteiger partial charge in [0.25, 0.3) is 0 Å². The predicted molar refractivity (Wildman–Crippen MR) is 65.6 cm³/mol. The number of rotatable bonds is 5. The van der Waals surface area contributed by atoms with Crippen molar-refractivity contribution in [2.75, 3.05) is 7.05 Å². The summed E-state index contributed by atoms with van der Waals surface area (Å²) in [6, 6.07) is 9.99. The molecule has 0 radical (unpaired) electrons. The minimum Gasteiger partial charge on any atom is -0.472 e. The lowest BCUT2D eigenvalue weighted by molar-refractivity contribution is 0.292. The molecular weight excluding hydrogens is 214 g/mol. The number of benzene rings is 1. The van der Waals surface area contributed by atoms with E-state index < -0.39 is 0 Å². The second kappa shape index (κ2) is 5.96. The summed E-state index contributed by atoms with van der Waals surface area (Å²) in [7, 11) is 1.88. The first kappa shape index (κ1) is 11.5. The first-order valence-corrected chi connectivity index (χ1v) is 5.51. The van der Waals surface area contributed by atoms with Gasteiger partial charge in [-0.2, -0.15) is 0 Å². The van der Waals surface area contributed by atoms with Gasteiger partial charge in [-0.15, -0.1) is 0 Å². The number of ether oxygens (including phenoxy) is 1. The molecule has 1 N–H and O–H groups in total. The first-order valence-electron chi connectivity index (χ1n) is 5.51. The summed E-state index contributed by atoms with van der Waals surface area (Å²) < 4.78 is 5.53. The maximum atomic E-state index is 5.53. The standard InChI is InChI=1S/C13H15N3O/c1-14-7-12-8-16-13(9-15-12)17-10-11-5-3-2-4-6-11/h2-6,8-9,14H,7,10H2,1H3. The van der Waals surface area contributed by atoms with Crippen LogP contribution in [0, 0.1) is 0 Å². The van der Waals surface area contributed by atoms with Gasteiger partial charge in [0.1, 0.15) is 6.61 Å². The normalized spacial score (nSPS) is 10.2. The molecule has 4 nitrogen and oxygen atoms in total. The summed E-state index contributed by atoms with van der Waals surface area (Å²) in [4.78, 5) is 8.42. The molecule has 0 aliphatic rings. The lowest BCUT2D eigenvalue weighted by Crippen LogP contribution is -2.07. The summed E-state index contributed by atoms with van der Waals surface area (Å²) in [6.07, 6.45) is 3.37. The highest BCUT2D eigenvalue weighted by atomic mass is 16.5. The molecule has 0 unspecified atom stereocenters. The number of aromatic nitrogens is 2. The number of nitrogens with zero attached hydrogens (tertiary/aromatic N) is 2. The molecule has 0 amide bonds. The molecule has 0 saturated carbocycles. The van der Waals surface area contributed by atoms with Gasteiger partial charge in [0.15, 0.2) is 0 Å². The molecule has 0 spiro atoms. The number of hydrogen-bond acceptors (Lipinski definition) is 4. The van der Waals surface area contributed by atoms with Crippen LogP contribution in [0.25, 0.3) is 0 Å². The summed E-state index contributed by atoms with van der Waals surface area (Å²) in [5.74, 6) is 0.550. The van der Waals surface area contributed by atoms with Gasteiger partial charge in [0.05, 0.1) is 18.1 Å². The fourth-order valence-electron chi connectivity index (χ4n) is 1.42. The summed E-state index contributed by atoms with van der Waals surface area (Å²) >= 11 is 0. The quantitative estimate of drug-likeness (QED) is 0.849. The van der Waals surface area contributed by atoms with Crippen molar-refractivity contribution in [1.29, 1.82) is 0 Å². The van der Waals surface area contributed by atoms with Crippen molar-refractivity contribution >= 4 is 0 Å². The van der Waals surface area contributed by atoms with E-state index in [0.29, 0.717) is 19.0 Å². The monoisotopic (exact) mass is 229 g/mol. The van der Waals surface area contributed by atoms with Crippen LogP contribution in [-0.4, -0.2) is 17.0 Å². The van der Waals surface area contributed by atoms with Gasteiger partial charge in [0, 0.05) is 6.54 Å². The SMILES string of the molecule is CNCc1cnc(OCc2ccccc2)cn1. The molecule has 1 aromatic carbocycles. The van der Waals surface area contributed by atoms with Gasteiger partial charge < -0.3 is 10.1 Å². The molecule has 0 fully saturated rings. The first-order chi connectivity index (χ1) is 8.38. The molecule has 0 bridgehead atoms. The molecule has 4 heteroatoms. The van der Waals surface area contributed by atoms with Crippen LogP contribution in [0.5, 0.6) is 5.88 Å². The molecule has 0 aliphatic heterocycles. The Morgan fingerprint density at radius 1 is 1.12 bits per heavy atom. The molecule has 0 aliphatic carbocycles. The van der Waals surface area contributed by atoms with E-state index in [2.05, 4.69) is 15.3 Å². The third-order valence-corrected chi connectivity index (χ3v) is 2.27. The summed E-state index contributed by atoms with van der Waals surface area (Å²) in [5.41, 5.74) is 2.02. The topological polar surface area (TPSA) is 47.0 Å². The van der Waals surface area contributed by atoms with Crippen molar-refractivity contribution < 1.29 is 4.74 Å². The maximum Gasteiger partial charge on any atom is 0.232 e. The van der Waals surface area contributed by atoms with Gasteiger partial charge in [-0.3, -0.25) is 4.98 Å². The Morgan fingerprint density at radius 2 is 1.94 bits per heavy atom. The fourth-order valence-corrected chi connectivity index (χ4v) is 1.42. The van der Waals surface area contributed by atoms with Gasteiger partial charge in [-0.05, 0) is 12.6 Å². The summed E-state index contributed by atoms with van der Waals surface area (Å²) in [6.45, 7) is 1.23. The van der Waals surface area contributed by atoms with Crippen molar-refractivity contribution in [3.8, 4) is 5.88 Å². The number of hydrogen-bond donors (Lipinski definition) is 1. The minimum atomic E-state index is 0.515. The van der Waals surface area contributed by atoms with Gasteiger partial charge in [-0.1, -0.05) is 30.3 Å². The molecule has 1 heterocycles. The van der Waals surface area contributed by atoms with E-state index in [1.807, 2.05) is 37.4 Å². The zero-order chi connectivity index (χ0) is 11.9.